The van der Waals surface area contributed by atoms with Gasteiger partial charge in [0.15, 0.2) is 0 Å². The Kier molecular flexibility index (Phi) is 8.63. The quantitative estimate of drug-likeness (QED) is 0.266. The highest BCUT2D eigenvalue weighted by Gasteiger charge is 2.33. The highest BCUT2D eigenvalue weighted by Crippen LogP contribution is 2.39. The number of aliphatic carboxylic acids is 1. The van der Waals surface area contributed by atoms with Crippen molar-refractivity contribution in [2.75, 3.05) is 13.6 Å². The average Bonchev–Trinajstić information content (AvgIpc) is 3.28. The van der Waals surface area contributed by atoms with Gasteiger partial charge in [-0.05, 0) is 66.6 Å². The van der Waals surface area contributed by atoms with Crippen LogP contribution >= 0.6 is 24.0 Å². The normalized spacial score (nSPS) is 11.4. The Morgan fingerprint density at radius 2 is 1.76 bits per heavy atom. The van der Waals surface area contributed by atoms with Crippen LogP contribution in [0.3, 0.4) is 0 Å². The second kappa shape index (κ2) is 11.3. The number of aromatic nitrogens is 2. The zero-order chi connectivity index (χ0) is 26.0. The van der Waals surface area contributed by atoms with Gasteiger partial charge in [-0.15, -0.1) is 12.4 Å². The van der Waals surface area contributed by atoms with Crippen molar-refractivity contribution in [3.63, 3.8) is 0 Å². The molecule has 0 bridgehead atoms. The zero-order valence-electron chi connectivity index (χ0n) is 19.7. The molecule has 37 heavy (non-hydrogen) atoms. The monoisotopic (exact) mass is 551 g/mol. The van der Waals surface area contributed by atoms with E-state index in [2.05, 4.69) is 10.1 Å². The summed E-state index contributed by atoms with van der Waals surface area (Å²) < 4.78 is 45.8. The number of hydrogen-bond donors (Lipinski definition) is 1. The summed E-state index contributed by atoms with van der Waals surface area (Å²) in [5.74, 6) is -0.470. The van der Waals surface area contributed by atoms with E-state index in [9.17, 15) is 18.0 Å². The molecule has 0 unspecified atom stereocenters. The van der Waals surface area contributed by atoms with Crippen molar-refractivity contribution in [2.45, 2.75) is 19.6 Å². The van der Waals surface area contributed by atoms with Gasteiger partial charge in [0.2, 0.25) is 5.82 Å². The molecule has 0 aliphatic rings. The molecule has 0 fully saturated rings. The molecule has 3 aromatic carbocycles. The molecule has 11 heteroatoms. The predicted octanol–water partition coefficient (Wildman–Crippen LogP) is 6.99. The second-order valence-corrected chi connectivity index (χ2v) is 8.78. The van der Waals surface area contributed by atoms with Crippen molar-refractivity contribution in [3.05, 3.63) is 82.4 Å². The maximum Gasteiger partial charge on any atom is 0.417 e. The maximum atomic E-state index is 13.5. The number of nitrogens with zero attached hydrogens (tertiary/aromatic N) is 3. The first-order valence-electron chi connectivity index (χ1n) is 10.8. The fraction of sp³-hybridized carbons (Fsp3) is 0.192. The number of carboxylic acid groups (broad SMARTS) is 1. The lowest BCUT2D eigenvalue weighted by Gasteiger charge is -2.15. The van der Waals surface area contributed by atoms with Crippen LogP contribution in [0.25, 0.3) is 34.0 Å². The topological polar surface area (TPSA) is 79.5 Å². The van der Waals surface area contributed by atoms with Gasteiger partial charge < -0.3 is 9.63 Å². The van der Waals surface area contributed by atoms with E-state index in [1.54, 1.807) is 61.3 Å². The van der Waals surface area contributed by atoms with Crippen LogP contribution in [0.15, 0.2) is 65.2 Å². The molecule has 4 aromatic rings. The molecular weight excluding hydrogens is 530 g/mol. The minimum atomic E-state index is -4.47. The van der Waals surface area contributed by atoms with Crippen molar-refractivity contribution in [1.82, 2.24) is 15.0 Å². The predicted molar refractivity (Wildman–Crippen MR) is 137 cm³/mol. The molecule has 0 aliphatic heterocycles. The number of carbonyl (C=O) groups is 1. The van der Waals surface area contributed by atoms with Crippen molar-refractivity contribution in [2.24, 2.45) is 0 Å². The molecule has 0 radical (unpaired) electrons. The minimum absolute atomic E-state index is 0. The van der Waals surface area contributed by atoms with Crippen LogP contribution in [-0.2, 0) is 17.5 Å². The van der Waals surface area contributed by atoms with Gasteiger partial charge in [0.1, 0.15) is 0 Å². The SMILES string of the molecule is Cc1cc(-c2nc(-c3ccc(CN(C)CC(=O)O)cc3Cl)no2)ccc1-c1ccccc1C(F)(F)F.Cl. The molecule has 4 rings (SSSR count). The highest BCUT2D eigenvalue weighted by atomic mass is 35.5. The van der Waals surface area contributed by atoms with E-state index >= 15 is 0 Å². The maximum absolute atomic E-state index is 13.5. The van der Waals surface area contributed by atoms with Crippen molar-refractivity contribution >= 4 is 30.0 Å². The first-order valence-corrected chi connectivity index (χ1v) is 11.2. The third kappa shape index (κ3) is 6.49. The molecule has 0 saturated carbocycles. The van der Waals surface area contributed by atoms with Crippen LogP contribution in [0.5, 0.6) is 0 Å². The van der Waals surface area contributed by atoms with Crippen LogP contribution in [0.1, 0.15) is 16.7 Å². The summed E-state index contributed by atoms with van der Waals surface area (Å²) >= 11 is 6.43. The second-order valence-electron chi connectivity index (χ2n) is 8.38. The van der Waals surface area contributed by atoms with E-state index < -0.39 is 17.7 Å². The van der Waals surface area contributed by atoms with Gasteiger partial charge in [-0.1, -0.05) is 47.1 Å². The first kappa shape index (κ1) is 28.2. The summed E-state index contributed by atoms with van der Waals surface area (Å²) in [4.78, 5) is 16.9. The minimum Gasteiger partial charge on any atom is -0.480 e. The Labute approximate surface area is 222 Å². The molecule has 0 aliphatic carbocycles. The molecule has 0 spiro atoms. The Hall–Kier alpha value is -3.40. The van der Waals surface area contributed by atoms with E-state index in [0.717, 1.165) is 11.6 Å². The third-order valence-electron chi connectivity index (χ3n) is 5.55. The van der Waals surface area contributed by atoms with Gasteiger partial charge in [0.05, 0.1) is 17.1 Å². The molecule has 194 valence electrons. The van der Waals surface area contributed by atoms with E-state index in [4.69, 9.17) is 21.2 Å². The van der Waals surface area contributed by atoms with E-state index in [1.807, 2.05) is 0 Å². The van der Waals surface area contributed by atoms with Crippen LogP contribution in [0.2, 0.25) is 5.02 Å². The smallest absolute Gasteiger partial charge is 0.417 e. The molecule has 1 aromatic heterocycles. The van der Waals surface area contributed by atoms with Crippen molar-refractivity contribution < 1.29 is 27.6 Å². The summed E-state index contributed by atoms with van der Waals surface area (Å²) in [5.41, 5.74) is 2.39. The number of halogens is 5. The summed E-state index contributed by atoms with van der Waals surface area (Å²) in [6, 6.07) is 15.6. The van der Waals surface area contributed by atoms with E-state index in [0.29, 0.717) is 33.8 Å². The number of aryl methyl sites for hydroxylation is 1. The summed E-state index contributed by atoms with van der Waals surface area (Å²) in [6.07, 6.45) is -4.47. The molecule has 0 saturated heterocycles. The van der Waals surface area contributed by atoms with Gasteiger partial charge >= 0.3 is 12.1 Å². The fourth-order valence-corrected chi connectivity index (χ4v) is 4.24. The summed E-state index contributed by atoms with van der Waals surface area (Å²) in [6.45, 7) is 2.01. The van der Waals surface area contributed by atoms with E-state index in [-0.39, 0.29) is 36.2 Å². The van der Waals surface area contributed by atoms with Gasteiger partial charge in [-0.2, -0.15) is 18.2 Å². The Morgan fingerprint density at radius 3 is 2.41 bits per heavy atom. The largest absolute Gasteiger partial charge is 0.480 e. The lowest BCUT2D eigenvalue weighted by Crippen LogP contribution is -2.25. The fourth-order valence-electron chi connectivity index (χ4n) is 3.95. The van der Waals surface area contributed by atoms with Gasteiger partial charge in [-0.25, -0.2) is 0 Å². The Balaban J connectivity index is 0.00000380. The molecular formula is C26H22Cl2F3N3O3. The number of alkyl halides is 3. The lowest BCUT2D eigenvalue weighted by molar-refractivity contribution is -0.138. The van der Waals surface area contributed by atoms with Crippen LogP contribution in [0, 0.1) is 6.92 Å². The standard InChI is InChI=1S/C26H21ClF3N3O3.ClH/c1-15-11-17(8-10-18(15)19-5-3-4-6-21(19)26(28,29)30)25-31-24(32-36-25)20-9-7-16(12-22(20)27)13-33(2)14-23(34)35;/h3-12H,13-14H2,1-2H3,(H,34,35);1H. The summed E-state index contributed by atoms with van der Waals surface area (Å²) in [7, 11) is 1.69. The first-order chi connectivity index (χ1) is 17.0. The van der Waals surface area contributed by atoms with Gasteiger partial charge in [0.25, 0.3) is 5.89 Å². The number of likely N-dealkylation sites (N-methyl/N-ethyl adjacent to an activating group) is 1. The number of hydrogen-bond acceptors (Lipinski definition) is 5. The zero-order valence-corrected chi connectivity index (χ0v) is 21.3. The number of carboxylic acids is 1. The molecule has 6 nitrogen and oxygen atoms in total. The molecule has 1 heterocycles. The highest BCUT2D eigenvalue weighted by molar-refractivity contribution is 6.33. The Bertz CT molecular complexity index is 1420. The third-order valence-corrected chi connectivity index (χ3v) is 5.87. The van der Waals surface area contributed by atoms with Crippen LogP contribution < -0.4 is 0 Å². The lowest BCUT2D eigenvalue weighted by atomic mass is 9.94. The number of benzene rings is 3. The molecule has 0 amide bonds. The van der Waals surface area contributed by atoms with Crippen molar-refractivity contribution in [3.8, 4) is 34.0 Å². The summed E-state index contributed by atoms with van der Waals surface area (Å²) in [5, 5.41) is 13.3. The van der Waals surface area contributed by atoms with E-state index in [1.165, 1.54) is 12.1 Å². The van der Waals surface area contributed by atoms with Crippen molar-refractivity contribution in [1.29, 1.82) is 0 Å². The average molecular weight is 552 g/mol. The molecule has 1 N–H and O–H groups in total. The molecule has 0 atom stereocenters. The van der Waals surface area contributed by atoms with Gasteiger partial charge in [-0.3, -0.25) is 9.69 Å². The van der Waals surface area contributed by atoms with Crippen LogP contribution in [-0.4, -0.2) is 39.7 Å². The van der Waals surface area contributed by atoms with Crippen LogP contribution in [0.4, 0.5) is 13.2 Å². The number of rotatable bonds is 7. The Morgan fingerprint density at radius 1 is 1.05 bits per heavy atom. The van der Waals surface area contributed by atoms with Gasteiger partial charge in [0, 0.05) is 17.7 Å².